The van der Waals surface area contributed by atoms with Crippen LogP contribution >= 0.6 is 10.7 Å². The molecule has 0 atom stereocenters. The van der Waals surface area contributed by atoms with Gasteiger partial charge in [0.2, 0.25) is 0 Å². The fourth-order valence-electron chi connectivity index (χ4n) is 0.800. The van der Waals surface area contributed by atoms with Crippen molar-refractivity contribution in [1.29, 1.82) is 0 Å². The van der Waals surface area contributed by atoms with E-state index in [2.05, 4.69) is 4.72 Å². The molecule has 72 valence electrons. The molecule has 0 aliphatic rings. The molecule has 13 heavy (non-hydrogen) atoms. The van der Waals surface area contributed by atoms with E-state index in [1.54, 1.807) is 24.3 Å². The van der Waals surface area contributed by atoms with Crippen LogP contribution in [0, 0.1) is 0 Å². The standard InChI is InChI=1S/C7H8ClNO3S/c1-12-7-4-2-6(3-5-7)9-13(8,10)11/h2-5,9H,1H3. The van der Waals surface area contributed by atoms with E-state index in [0.29, 0.717) is 11.4 Å². The van der Waals surface area contributed by atoms with E-state index in [1.165, 1.54) is 7.11 Å². The average Bonchev–Trinajstić information content (AvgIpc) is 2.03. The predicted octanol–water partition coefficient (Wildman–Crippen LogP) is 1.59. The van der Waals surface area contributed by atoms with Gasteiger partial charge in [-0.15, -0.1) is 0 Å². The second-order valence-corrected chi connectivity index (χ2v) is 4.57. The number of ether oxygens (including phenoxy) is 1. The molecule has 0 saturated heterocycles. The molecule has 0 unspecified atom stereocenters. The number of hydrogen-bond donors (Lipinski definition) is 1. The first-order valence-electron chi connectivity index (χ1n) is 3.38. The Bertz CT molecular complexity index is 373. The van der Waals surface area contributed by atoms with E-state index < -0.39 is 9.24 Å². The van der Waals surface area contributed by atoms with Crippen molar-refractivity contribution in [2.45, 2.75) is 0 Å². The maximum Gasteiger partial charge on any atom is 0.319 e. The van der Waals surface area contributed by atoms with Crippen molar-refractivity contribution in [3.05, 3.63) is 24.3 Å². The lowest BCUT2D eigenvalue weighted by atomic mass is 10.3. The molecular formula is C7H8ClNO3S. The van der Waals surface area contributed by atoms with Crippen molar-refractivity contribution >= 4 is 25.6 Å². The summed E-state index contributed by atoms with van der Waals surface area (Å²) in [6.45, 7) is 0. The van der Waals surface area contributed by atoms with E-state index in [1.807, 2.05) is 0 Å². The monoisotopic (exact) mass is 221 g/mol. The summed E-state index contributed by atoms with van der Waals surface area (Å²) in [5, 5.41) is 0. The fraction of sp³-hybridized carbons (Fsp3) is 0.143. The minimum atomic E-state index is -3.72. The van der Waals surface area contributed by atoms with E-state index in [9.17, 15) is 8.42 Å². The third-order valence-electron chi connectivity index (χ3n) is 1.33. The summed E-state index contributed by atoms with van der Waals surface area (Å²) in [6.07, 6.45) is 0. The summed E-state index contributed by atoms with van der Waals surface area (Å²) < 4.78 is 28.2. The molecule has 0 bridgehead atoms. The SMILES string of the molecule is COc1ccc(NS(=O)(=O)Cl)cc1. The van der Waals surface area contributed by atoms with Gasteiger partial charge in [0.05, 0.1) is 7.11 Å². The van der Waals surface area contributed by atoms with Crippen molar-refractivity contribution in [3.8, 4) is 5.75 Å². The highest BCUT2D eigenvalue weighted by Gasteiger charge is 2.03. The van der Waals surface area contributed by atoms with Gasteiger partial charge in [-0.3, -0.25) is 4.72 Å². The maximum atomic E-state index is 10.6. The van der Waals surface area contributed by atoms with Crippen molar-refractivity contribution in [2.24, 2.45) is 0 Å². The molecule has 0 aliphatic heterocycles. The van der Waals surface area contributed by atoms with Crippen LogP contribution in [0.15, 0.2) is 24.3 Å². The van der Waals surface area contributed by atoms with E-state index in [4.69, 9.17) is 15.4 Å². The Kier molecular flexibility index (Phi) is 3.00. The van der Waals surface area contributed by atoms with Crippen LogP contribution in [0.3, 0.4) is 0 Å². The molecule has 6 heteroatoms. The van der Waals surface area contributed by atoms with E-state index in [0.717, 1.165) is 0 Å². The van der Waals surface area contributed by atoms with Crippen LogP contribution in [-0.4, -0.2) is 15.5 Å². The molecule has 0 fully saturated rings. The molecule has 0 saturated carbocycles. The molecule has 4 nitrogen and oxygen atoms in total. The molecule has 0 amide bonds. The van der Waals surface area contributed by atoms with Gasteiger partial charge in [0.15, 0.2) is 0 Å². The van der Waals surface area contributed by atoms with E-state index in [-0.39, 0.29) is 0 Å². The molecule has 1 rings (SSSR count). The Labute approximate surface area is 81.0 Å². The lowest BCUT2D eigenvalue weighted by Crippen LogP contribution is -2.03. The van der Waals surface area contributed by atoms with Crippen molar-refractivity contribution in [1.82, 2.24) is 0 Å². The van der Waals surface area contributed by atoms with Gasteiger partial charge in [0, 0.05) is 16.4 Å². The van der Waals surface area contributed by atoms with Crippen molar-refractivity contribution < 1.29 is 13.2 Å². The topological polar surface area (TPSA) is 55.4 Å². The van der Waals surface area contributed by atoms with Crippen LogP contribution < -0.4 is 9.46 Å². The van der Waals surface area contributed by atoms with Gasteiger partial charge < -0.3 is 4.74 Å². The van der Waals surface area contributed by atoms with Crippen LogP contribution in [-0.2, 0) is 9.24 Å². The summed E-state index contributed by atoms with van der Waals surface area (Å²) in [7, 11) is 2.78. The van der Waals surface area contributed by atoms with Crippen LogP contribution in [0.2, 0.25) is 0 Å². The summed E-state index contributed by atoms with van der Waals surface area (Å²) in [4.78, 5) is 0. The zero-order chi connectivity index (χ0) is 9.90. The van der Waals surface area contributed by atoms with Gasteiger partial charge in [0.1, 0.15) is 5.75 Å². The Balaban J connectivity index is 2.81. The highest BCUT2D eigenvalue weighted by atomic mass is 35.7. The third-order valence-corrected chi connectivity index (χ3v) is 2.04. The first-order valence-corrected chi connectivity index (χ1v) is 5.68. The number of methoxy groups -OCH3 is 1. The van der Waals surface area contributed by atoms with Gasteiger partial charge >= 0.3 is 9.24 Å². The van der Waals surface area contributed by atoms with Gasteiger partial charge in [-0.25, -0.2) is 0 Å². The number of halogens is 1. The summed E-state index contributed by atoms with van der Waals surface area (Å²) >= 11 is 0. The third kappa shape index (κ3) is 3.52. The quantitative estimate of drug-likeness (QED) is 0.789. The molecule has 0 radical (unpaired) electrons. The van der Waals surface area contributed by atoms with Crippen molar-refractivity contribution in [3.63, 3.8) is 0 Å². The summed E-state index contributed by atoms with van der Waals surface area (Å²) in [5.74, 6) is 0.650. The highest BCUT2D eigenvalue weighted by molar-refractivity contribution is 8.14. The second-order valence-electron chi connectivity index (χ2n) is 2.27. The number of rotatable bonds is 3. The van der Waals surface area contributed by atoms with Crippen LogP contribution in [0.1, 0.15) is 0 Å². The fourth-order valence-corrected chi connectivity index (χ4v) is 1.48. The number of benzene rings is 1. The molecule has 1 N–H and O–H groups in total. The van der Waals surface area contributed by atoms with Gasteiger partial charge in [-0.1, -0.05) is 0 Å². The number of nitrogens with one attached hydrogen (secondary N) is 1. The Morgan fingerprint density at radius 2 is 1.85 bits per heavy atom. The minimum absolute atomic E-state index is 0.399. The number of hydrogen-bond acceptors (Lipinski definition) is 3. The average molecular weight is 222 g/mol. The summed E-state index contributed by atoms with van der Waals surface area (Å²) in [5.41, 5.74) is 0.399. The highest BCUT2D eigenvalue weighted by Crippen LogP contribution is 2.16. The molecule has 0 spiro atoms. The van der Waals surface area contributed by atoms with Gasteiger partial charge in [0.25, 0.3) is 0 Å². The number of anilines is 1. The molecule has 0 aliphatic carbocycles. The molecule has 0 heterocycles. The Morgan fingerprint density at radius 3 is 2.23 bits per heavy atom. The molecule has 1 aromatic rings. The Morgan fingerprint density at radius 1 is 1.31 bits per heavy atom. The lowest BCUT2D eigenvalue weighted by Gasteiger charge is -2.02. The zero-order valence-corrected chi connectivity index (χ0v) is 8.39. The van der Waals surface area contributed by atoms with Crippen LogP contribution in [0.4, 0.5) is 5.69 Å². The van der Waals surface area contributed by atoms with Gasteiger partial charge in [-0.05, 0) is 24.3 Å². The lowest BCUT2D eigenvalue weighted by molar-refractivity contribution is 0.415. The first-order chi connectivity index (χ1) is 6.01. The smallest absolute Gasteiger partial charge is 0.319 e. The Hall–Kier alpha value is -0.940. The molecular weight excluding hydrogens is 214 g/mol. The normalized spacial score (nSPS) is 10.9. The van der Waals surface area contributed by atoms with Gasteiger partial charge in [-0.2, -0.15) is 8.42 Å². The second kappa shape index (κ2) is 3.85. The maximum absolute atomic E-state index is 10.6. The minimum Gasteiger partial charge on any atom is -0.497 e. The predicted molar refractivity (Wildman–Crippen MR) is 51.4 cm³/mol. The first kappa shape index (κ1) is 10.1. The van der Waals surface area contributed by atoms with Crippen LogP contribution in [0.25, 0.3) is 0 Å². The zero-order valence-electron chi connectivity index (χ0n) is 6.82. The molecule has 0 aromatic heterocycles. The van der Waals surface area contributed by atoms with E-state index >= 15 is 0 Å². The molecule has 1 aromatic carbocycles. The van der Waals surface area contributed by atoms with Crippen LogP contribution in [0.5, 0.6) is 5.75 Å². The summed E-state index contributed by atoms with van der Waals surface area (Å²) in [6, 6.07) is 6.37. The largest absolute Gasteiger partial charge is 0.497 e. The van der Waals surface area contributed by atoms with Crippen molar-refractivity contribution in [2.75, 3.05) is 11.8 Å².